The molecule has 0 aliphatic carbocycles. The topological polar surface area (TPSA) is 92.0 Å². The molecule has 0 unspecified atom stereocenters. The van der Waals surface area contributed by atoms with Crippen molar-refractivity contribution in [3.8, 4) is 11.3 Å². The van der Waals surface area contributed by atoms with Gasteiger partial charge in [-0.25, -0.2) is 0 Å². The molecular formula is C20H18N6. The summed E-state index contributed by atoms with van der Waals surface area (Å²) in [5, 5.41) is 14.7. The smallest absolute Gasteiger partial charge is 0.181 e. The van der Waals surface area contributed by atoms with Crippen LogP contribution in [0.2, 0.25) is 0 Å². The van der Waals surface area contributed by atoms with Crippen LogP contribution in [-0.2, 0) is 12.8 Å². The van der Waals surface area contributed by atoms with E-state index in [0.717, 1.165) is 46.8 Å². The number of fused-ring (bicyclic) bond motifs is 7. The molecule has 0 radical (unpaired) electrons. The van der Waals surface area contributed by atoms with Crippen LogP contribution in [0.3, 0.4) is 0 Å². The Morgan fingerprint density at radius 3 is 2.81 bits per heavy atom. The molecular weight excluding hydrogens is 324 g/mol. The second-order valence-electron chi connectivity index (χ2n) is 6.52. The summed E-state index contributed by atoms with van der Waals surface area (Å²) in [5.41, 5.74) is 13.5. The number of nitrogens with one attached hydrogen (secondary N) is 2. The van der Waals surface area contributed by atoms with E-state index in [2.05, 4.69) is 62.1 Å². The minimum absolute atomic E-state index is 0.667. The maximum atomic E-state index is 6.23. The lowest BCUT2D eigenvalue weighted by Crippen LogP contribution is -2.14. The van der Waals surface area contributed by atoms with Crippen LogP contribution in [0.4, 0.5) is 11.5 Å². The molecule has 0 saturated carbocycles. The standard InChI is InChI=1S/C20H18N6/c21-17-8-7-14-11-13(17)6-5-12-3-1-2-4-15(12)16-9-10-22-19(16)23-20-18(14)24-26-25-20/h1-4,7-9,11H,5-6,10,21H2,(H2,22,23,24,25,26). The second-order valence-corrected chi connectivity index (χ2v) is 6.52. The number of amidine groups is 1. The highest BCUT2D eigenvalue weighted by molar-refractivity contribution is 6.30. The van der Waals surface area contributed by atoms with Gasteiger partial charge in [0.05, 0.1) is 6.54 Å². The van der Waals surface area contributed by atoms with E-state index in [9.17, 15) is 0 Å². The summed E-state index contributed by atoms with van der Waals surface area (Å²) in [7, 11) is 0. The summed E-state index contributed by atoms with van der Waals surface area (Å²) >= 11 is 0. The van der Waals surface area contributed by atoms with Crippen LogP contribution in [0.1, 0.15) is 16.7 Å². The number of rotatable bonds is 0. The fraction of sp³-hybridized carbons (Fsp3) is 0.150. The van der Waals surface area contributed by atoms with Gasteiger partial charge < -0.3 is 11.1 Å². The number of aromatic amines is 1. The maximum absolute atomic E-state index is 6.23. The van der Waals surface area contributed by atoms with Gasteiger partial charge in [0.15, 0.2) is 5.82 Å². The molecule has 128 valence electrons. The van der Waals surface area contributed by atoms with Gasteiger partial charge in [0, 0.05) is 16.8 Å². The molecule has 4 N–H and O–H groups in total. The van der Waals surface area contributed by atoms with E-state index in [-0.39, 0.29) is 0 Å². The van der Waals surface area contributed by atoms with Crippen molar-refractivity contribution in [1.82, 2.24) is 15.4 Å². The van der Waals surface area contributed by atoms with Crippen LogP contribution in [0, 0.1) is 0 Å². The number of aromatic nitrogens is 3. The van der Waals surface area contributed by atoms with Gasteiger partial charge in [-0.3, -0.25) is 4.99 Å². The van der Waals surface area contributed by atoms with Crippen LogP contribution < -0.4 is 11.1 Å². The highest BCUT2D eigenvalue weighted by atomic mass is 15.4. The van der Waals surface area contributed by atoms with Gasteiger partial charge in [-0.1, -0.05) is 36.4 Å². The Morgan fingerprint density at radius 2 is 1.85 bits per heavy atom. The molecule has 0 amide bonds. The largest absolute Gasteiger partial charge is 0.399 e. The zero-order valence-corrected chi connectivity index (χ0v) is 14.2. The molecule has 2 aliphatic rings. The summed E-state index contributed by atoms with van der Waals surface area (Å²) in [6.07, 6.45) is 3.94. The Morgan fingerprint density at radius 1 is 0.962 bits per heavy atom. The van der Waals surface area contributed by atoms with E-state index < -0.39 is 0 Å². The number of nitrogens with zero attached hydrogens (tertiary/aromatic N) is 3. The third kappa shape index (κ3) is 2.38. The SMILES string of the molecule is Nc1ccc2cc1CCc1ccccc1C1=CCN=C1Nc1n[nH]nc1-2. The number of aliphatic imine (C=N–C) groups is 1. The van der Waals surface area contributed by atoms with E-state index in [4.69, 9.17) is 5.73 Å². The van der Waals surface area contributed by atoms with E-state index >= 15 is 0 Å². The first-order valence-corrected chi connectivity index (χ1v) is 8.69. The average molecular weight is 342 g/mol. The lowest BCUT2D eigenvalue weighted by atomic mass is 9.93. The maximum Gasteiger partial charge on any atom is 0.181 e. The Bertz CT molecular complexity index is 1060. The monoisotopic (exact) mass is 342 g/mol. The highest BCUT2D eigenvalue weighted by Crippen LogP contribution is 2.31. The predicted octanol–water partition coefficient (Wildman–Crippen LogP) is 3.06. The van der Waals surface area contributed by atoms with Crippen LogP contribution >= 0.6 is 0 Å². The number of hydrogen-bond acceptors (Lipinski definition) is 5. The summed E-state index contributed by atoms with van der Waals surface area (Å²) in [5.74, 6) is 1.51. The zero-order chi connectivity index (χ0) is 17.5. The summed E-state index contributed by atoms with van der Waals surface area (Å²) in [6.45, 7) is 0.667. The van der Waals surface area contributed by atoms with E-state index in [1.54, 1.807) is 0 Å². The van der Waals surface area contributed by atoms with Crippen molar-refractivity contribution in [2.75, 3.05) is 17.6 Å². The molecule has 2 bridgehead atoms. The molecule has 1 aromatic heterocycles. The molecule has 0 saturated heterocycles. The lowest BCUT2D eigenvalue weighted by molar-refractivity contribution is 0.943. The molecule has 0 spiro atoms. The van der Waals surface area contributed by atoms with Gasteiger partial charge in [0.2, 0.25) is 0 Å². The Kier molecular flexibility index (Phi) is 3.35. The van der Waals surface area contributed by atoms with Crippen molar-refractivity contribution in [2.24, 2.45) is 4.99 Å². The fourth-order valence-electron chi connectivity index (χ4n) is 3.63. The highest BCUT2D eigenvalue weighted by Gasteiger charge is 2.21. The number of nitrogens with two attached hydrogens (primary N) is 1. The van der Waals surface area contributed by atoms with Crippen molar-refractivity contribution in [3.05, 3.63) is 65.2 Å². The van der Waals surface area contributed by atoms with Gasteiger partial charge in [0.25, 0.3) is 0 Å². The molecule has 3 heterocycles. The van der Waals surface area contributed by atoms with Crippen LogP contribution in [0.5, 0.6) is 0 Å². The molecule has 5 rings (SSSR count). The van der Waals surface area contributed by atoms with Crippen molar-refractivity contribution >= 4 is 22.9 Å². The third-order valence-corrected chi connectivity index (χ3v) is 4.97. The minimum atomic E-state index is 0.667. The predicted molar refractivity (Wildman–Crippen MR) is 104 cm³/mol. The first kappa shape index (κ1) is 14.9. The van der Waals surface area contributed by atoms with Crippen LogP contribution in [0.25, 0.3) is 16.8 Å². The molecule has 0 fully saturated rings. The van der Waals surface area contributed by atoms with Crippen molar-refractivity contribution in [3.63, 3.8) is 0 Å². The summed E-state index contributed by atoms with van der Waals surface area (Å²) in [4.78, 5) is 4.62. The summed E-state index contributed by atoms with van der Waals surface area (Å²) < 4.78 is 0. The Balaban J connectivity index is 1.71. The van der Waals surface area contributed by atoms with Gasteiger partial charge in [-0.05, 0) is 41.7 Å². The first-order valence-electron chi connectivity index (χ1n) is 8.69. The number of aryl methyl sites for hydroxylation is 2. The Hall–Kier alpha value is -3.41. The van der Waals surface area contributed by atoms with Crippen LogP contribution in [0.15, 0.2) is 53.5 Å². The summed E-state index contributed by atoms with van der Waals surface area (Å²) in [6, 6.07) is 14.5. The normalized spacial score (nSPS) is 15.4. The van der Waals surface area contributed by atoms with Gasteiger partial charge in [0.1, 0.15) is 11.5 Å². The van der Waals surface area contributed by atoms with Crippen molar-refractivity contribution in [2.45, 2.75) is 12.8 Å². The fourth-order valence-corrected chi connectivity index (χ4v) is 3.63. The number of anilines is 2. The van der Waals surface area contributed by atoms with Gasteiger partial charge in [-0.2, -0.15) is 10.3 Å². The first-order chi connectivity index (χ1) is 12.8. The molecule has 26 heavy (non-hydrogen) atoms. The van der Waals surface area contributed by atoms with Gasteiger partial charge >= 0.3 is 0 Å². The molecule has 3 aromatic rings. The van der Waals surface area contributed by atoms with Gasteiger partial charge in [-0.15, -0.1) is 5.10 Å². The van der Waals surface area contributed by atoms with E-state index in [0.29, 0.717) is 12.4 Å². The molecule has 2 aromatic carbocycles. The second kappa shape index (κ2) is 5.84. The van der Waals surface area contributed by atoms with Crippen LogP contribution in [-0.4, -0.2) is 27.8 Å². The Labute approximate surface area is 150 Å². The van der Waals surface area contributed by atoms with Crippen molar-refractivity contribution < 1.29 is 0 Å². The zero-order valence-electron chi connectivity index (χ0n) is 14.2. The lowest BCUT2D eigenvalue weighted by Gasteiger charge is -2.16. The van der Waals surface area contributed by atoms with Crippen molar-refractivity contribution in [1.29, 1.82) is 0 Å². The molecule has 0 atom stereocenters. The molecule has 2 aliphatic heterocycles. The number of benzene rings is 2. The number of hydrogen-bond donors (Lipinski definition) is 3. The molecule has 6 heteroatoms. The number of nitrogen functional groups attached to an aromatic ring is 1. The number of H-pyrrole nitrogens is 1. The minimum Gasteiger partial charge on any atom is -0.399 e. The molecule has 6 nitrogen and oxygen atoms in total. The third-order valence-electron chi connectivity index (χ3n) is 4.97. The quantitative estimate of drug-likeness (QED) is 0.548. The van der Waals surface area contributed by atoms with E-state index in [1.165, 1.54) is 11.1 Å². The van der Waals surface area contributed by atoms with E-state index in [1.807, 2.05) is 12.1 Å². The average Bonchev–Trinajstić information content (AvgIpc) is 3.30.